The molecule has 3 rings (SSSR count). The molecule has 0 saturated carbocycles. The first-order valence-electron chi connectivity index (χ1n) is 7.73. The largest absolute Gasteiger partial charge is 0.459 e. The summed E-state index contributed by atoms with van der Waals surface area (Å²) in [6.07, 6.45) is 5.76. The molecule has 8 heteroatoms. The van der Waals surface area contributed by atoms with Crippen molar-refractivity contribution < 1.29 is 14.0 Å². The van der Waals surface area contributed by atoms with E-state index in [9.17, 15) is 9.59 Å². The van der Waals surface area contributed by atoms with Crippen LogP contribution < -0.4 is 10.6 Å². The van der Waals surface area contributed by atoms with E-state index in [-0.39, 0.29) is 18.2 Å². The third-order valence-corrected chi connectivity index (χ3v) is 3.78. The summed E-state index contributed by atoms with van der Waals surface area (Å²) in [5.74, 6) is 1.23. The van der Waals surface area contributed by atoms with Gasteiger partial charge in [0.15, 0.2) is 11.6 Å². The van der Waals surface area contributed by atoms with E-state index in [4.69, 9.17) is 4.42 Å². The predicted octanol–water partition coefficient (Wildman–Crippen LogP) is 0.644. The van der Waals surface area contributed by atoms with Gasteiger partial charge in [-0.1, -0.05) is 6.42 Å². The van der Waals surface area contributed by atoms with Crippen LogP contribution in [-0.2, 0) is 24.3 Å². The zero-order valence-electron chi connectivity index (χ0n) is 12.7. The van der Waals surface area contributed by atoms with E-state index in [1.165, 1.54) is 12.7 Å². The Balaban J connectivity index is 1.48. The Morgan fingerprint density at radius 2 is 2.13 bits per heavy atom. The molecule has 2 aromatic heterocycles. The summed E-state index contributed by atoms with van der Waals surface area (Å²) in [5.41, 5.74) is 0. The van der Waals surface area contributed by atoms with Crippen LogP contribution in [0.15, 0.2) is 22.8 Å². The predicted molar refractivity (Wildman–Crippen MR) is 80.5 cm³/mol. The average Bonchev–Trinajstić information content (AvgIpc) is 3.16. The van der Waals surface area contributed by atoms with Gasteiger partial charge in [0.2, 0.25) is 5.91 Å². The number of amides is 2. The van der Waals surface area contributed by atoms with Gasteiger partial charge in [-0.3, -0.25) is 9.59 Å². The molecule has 2 aromatic rings. The number of carbonyl (C=O) groups is 2. The Kier molecular flexibility index (Phi) is 4.70. The summed E-state index contributed by atoms with van der Waals surface area (Å²) in [6, 6.07) is 3.16. The van der Waals surface area contributed by atoms with Crippen molar-refractivity contribution in [2.24, 2.45) is 0 Å². The number of furan rings is 1. The molecule has 0 bridgehead atoms. The fraction of sp³-hybridized carbons (Fsp3) is 0.467. The molecule has 3 heterocycles. The van der Waals surface area contributed by atoms with Gasteiger partial charge in [0.1, 0.15) is 5.82 Å². The van der Waals surface area contributed by atoms with Gasteiger partial charge in [-0.05, 0) is 25.0 Å². The second-order valence-electron chi connectivity index (χ2n) is 5.43. The number of nitrogens with one attached hydrogen (secondary N) is 2. The molecule has 0 saturated heterocycles. The molecule has 0 fully saturated rings. The van der Waals surface area contributed by atoms with Crippen LogP contribution in [0.4, 0.5) is 0 Å². The van der Waals surface area contributed by atoms with Crippen LogP contribution in [0.3, 0.4) is 0 Å². The highest BCUT2D eigenvalue weighted by molar-refractivity contribution is 5.94. The smallest absolute Gasteiger partial charge is 0.287 e. The summed E-state index contributed by atoms with van der Waals surface area (Å²) < 4.78 is 7.03. The van der Waals surface area contributed by atoms with Gasteiger partial charge < -0.3 is 19.6 Å². The van der Waals surface area contributed by atoms with Gasteiger partial charge >= 0.3 is 0 Å². The molecule has 0 unspecified atom stereocenters. The van der Waals surface area contributed by atoms with Crippen LogP contribution in [0.2, 0.25) is 0 Å². The average molecular weight is 317 g/mol. The molecule has 0 aromatic carbocycles. The number of hydrogen-bond donors (Lipinski definition) is 2. The Bertz CT molecular complexity index is 677. The molecule has 2 N–H and O–H groups in total. The van der Waals surface area contributed by atoms with E-state index in [0.717, 1.165) is 37.5 Å². The molecule has 1 aliphatic heterocycles. The lowest BCUT2D eigenvalue weighted by Crippen LogP contribution is -2.37. The van der Waals surface area contributed by atoms with Crippen LogP contribution in [0.25, 0.3) is 0 Å². The van der Waals surface area contributed by atoms with Gasteiger partial charge in [-0.25, -0.2) is 0 Å². The minimum atomic E-state index is -0.415. The summed E-state index contributed by atoms with van der Waals surface area (Å²) in [5, 5.41) is 13.6. The van der Waals surface area contributed by atoms with E-state index in [2.05, 4.69) is 25.4 Å². The topological polar surface area (TPSA) is 102 Å². The second kappa shape index (κ2) is 7.08. The lowest BCUT2D eigenvalue weighted by molar-refractivity contribution is -0.120. The van der Waals surface area contributed by atoms with Crippen LogP contribution in [0.5, 0.6) is 0 Å². The first-order chi connectivity index (χ1) is 11.2. The maximum atomic E-state index is 11.8. The van der Waals surface area contributed by atoms with E-state index < -0.39 is 5.91 Å². The highest BCUT2D eigenvalue weighted by Crippen LogP contribution is 2.14. The molecule has 0 spiro atoms. The number of hydrogen-bond acceptors (Lipinski definition) is 5. The van der Waals surface area contributed by atoms with Crippen molar-refractivity contribution in [2.45, 2.75) is 38.8 Å². The van der Waals surface area contributed by atoms with Crippen molar-refractivity contribution in [1.82, 2.24) is 25.4 Å². The Morgan fingerprint density at radius 3 is 2.96 bits per heavy atom. The Hall–Kier alpha value is -2.64. The maximum Gasteiger partial charge on any atom is 0.287 e. The van der Waals surface area contributed by atoms with Crippen molar-refractivity contribution >= 4 is 11.8 Å². The molecule has 2 amide bonds. The van der Waals surface area contributed by atoms with Gasteiger partial charge in [0.25, 0.3) is 5.91 Å². The summed E-state index contributed by atoms with van der Waals surface area (Å²) in [7, 11) is 0. The minimum Gasteiger partial charge on any atom is -0.459 e. The number of carbonyl (C=O) groups excluding carboxylic acids is 2. The minimum absolute atomic E-state index is 0.111. The molecule has 0 radical (unpaired) electrons. The molecule has 122 valence electrons. The Labute approximate surface area is 133 Å². The molecular formula is C15H19N5O3. The normalized spacial score (nSPS) is 13.9. The van der Waals surface area contributed by atoms with Crippen molar-refractivity contribution in [1.29, 1.82) is 0 Å². The van der Waals surface area contributed by atoms with Crippen molar-refractivity contribution in [3.8, 4) is 0 Å². The van der Waals surface area contributed by atoms with Crippen molar-refractivity contribution in [2.75, 3.05) is 6.54 Å². The lowest BCUT2D eigenvalue weighted by Gasteiger charge is -2.08. The summed E-state index contributed by atoms with van der Waals surface area (Å²) in [6.45, 7) is 1.09. The molecule has 1 aliphatic rings. The quantitative estimate of drug-likeness (QED) is 0.843. The first-order valence-corrected chi connectivity index (χ1v) is 7.73. The Morgan fingerprint density at radius 1 is 1.22 bits per heavy atom. The zero-order chi connectivity index (χ0) is 16.1. The van der Waals surface area contributed by atoms with E-state index >= 15 is 0 Å². The molecule has 0 atom stereocenters. The van der Waals surface area contributed by atoms with Crippen LogP contribution in [0.1, 0.15) is 41.5 Å². The molecule has 23 heavy (non-hydrogen) atoms. The monoisotopic (exact) mass is 317 g/mol. The fourth-order valence-corrected chi connectivity index (χ4v) is 2.57. The highest BCUT2D eigenvalue weighted by atomic mass is 16.3. The summed E-state index contributed by atoms with van der Waals surface area (Å²) in [4.78, 5) is 23.5. The van der Waals surface area contributed by atoms with Crippen LogP contribution >= 0.6 is 0 Å². The van der Waals surface area contributed by atoms with Crippen molar-refractivity contribution in [3.63, 3.8) is 0 Å². The van der Waals surface area contributed by atoms with E-state index in [1.54, 1.807) is 12.1 Å². The molecule has 0 aliphatic carbocycles. The van der Waals surface area contributed by atoms with Gasteiger partial charge in [-0.2, -0.15) is 0 Å². The van der Waals surface area contributed by atoms with Crippen LogP contribution in [-0.4, -0.2) is 33.1 Å². The second-order valence-corrected chi connectivity index (χ2v) is 5.43. The first kappa shape index (κ1) is 15.3. The molecule has 8 nitrogen and oxygen atoms in total. The van der Waals surface area contributed by atoms with Gasteiger partial charge in [-0.15, -0.1) is 10.2 Å². The third kappa shape index (κ3) is 3.77. The SMILES string of the molecule is O=C(CNC(=O)c1ccco1)NCc1nnc2n1CCCCC2. The van der Waals surface area contributed by atoms with Crippen molar-refractivity contribution in [3.05, 3.63) is 35.8 Å². The standard InChI is InChI=1S/C15H19N5O3/c21-14(10-17-15(22)11-5-4-8-23-11)16-9-13-19-18-12-6-2-1-3-7-20(12)13/h4-5,8H,1-3,6-7,9-10H2,(H,16,21)(H,17,22). The number of nitrogens with zero attached hydrogens (tertiary/aromatic N) is 3. The highest BCUT2D eigenvalue weighted by Gasteiger charge is 2.15. The zero-order valence-corrected chi connectivity index (χ0v) is 12.7. The summed E-state index contributed by atoms with van der Waals surface area (Å²) >= 11 is 0. The third-order valence-electron chi connectivity index (χ3n) is 3.78. The number of aryl methyl sites for hydroxylation is 1. The maximum absolute atomic E-state index is 11.8. The molecular weight excluding hydrogens is 298 g/mol. The van der Waals surface area contributed by atoms with Gasteiger partial charge in [0, 0.05) is 13.0 Å². The number of aromatic nitrogens is 3. The van der Waals surface area contributed by atoms with E-state index in [0.29, 0.717) is 6.54 Å². The number of rotatable bonds is 5. The number of fused-ring (bicyclic) bond motifs is 1. The lowest BCUT2D eigenvalue weighted by atomic mass is 10.2. The van der Waals surface area contributed by atoms with Crippen LogP contribution in [0, 0.1) is 0 Å². The van der Waals surface area contributed by atoms with E-state index in [1.807, 2.05) is 0 Å². The fourth-order valence-electron chi connectivity index (χ4n) is 2.57. The van der Waals surface area contributed by atoms with Gasteiger partial charge in [0.05, 0.1) is 19.4 Å².